The summed E-state index contributed by atoms with van der Waals surface area (Å²) in [5.41, 5.74) is 5.93. The number of hydrogen-bond acceptors (Lipinski definition) is 6. The van der Waals surface area contributed by atoms with Crippen molar-refractivity contribution >= 4 is 23.9 Å². The normalized spacial score (nSPS) is 10.7. The number of alkyl halides is 3. The quantitative estimate of drug-likeness (QED) is 0.313. The van der Waals surface area contributed by atoms with Crippen LogP contribution in [0.2, 0.25) is 0 Å². The maximum absolute atomic E-state index is 12.6. The number of aromatic amines is 1. The first-order valence-corrected chi connectivity index (χ1v) is 8.95. The number of hydrogen-bond donors (Lipinski definition) is 6. The number of imidazole rings is 1. The van der Waals surface area contributed by atoms with Crippen LogP contribution in [0.15, 0.2) is 54.8 Å². The van der Waals surface area contributed by atoms with Crippen molar-refractivity contribution in [1.82, 2.24) is 9.97 Å². The van der Waals surface area contributed by atoms with E-state index in [0.717, 1.165) is 17.8 Å². The van der Waals surface area contributed by atoms with Crippen LogP contribution in [0.1, 0.15) is 11.3 Å². The number of carboxylic acids is 4. The number of carboxylic acid groups (broad SMARTS) is 4. The van der Waals surface area contributed by atoms with Gasteiger partial charge in [-0.15, -0.1) is 0 Å². The number of carbonyl (C=O) groups is 4. The van der Waals surface area contributed by atoms with Gasteiger partial charge in [0.15, 0.2) is 0 Å². The molecule has 0 bridgehead atoms. The molecule has 0 fully saturated rings. The lowest BCUT2D eigenvalue weighted by molar-refractivity contribution is -0.137. The molecule has 2 aromatic rings. The predicted octanol–water partition coefficient (Wildman–Crippen LogP) is 2.02. The highest BCUT2D eigenvalue weighted by atomic mass is 19.4. The van der Waals surface area contributed by atoms with Crippen LogP contribution in [0.25, 0.3) is 11.4 Å². The van der Waals surface area contributed by atoms with Gasteiger partial charge in [-0.1, -0.05) is 12.1 Å². The molecular formula is C20H20F3N3O8. The van der Waals surface area contributed by atoms with Gasteiger partial charge >= 0.3 is 30.1 Å². The first-order chi connectivity index (χ1) is 15.8. The Hall–Kier alpha value is -4.46. The van der Waals surface area contributed by atoms with E-state index < -0.39 is 35.6 Å². The number of nitrogens with two attached hydrogens (primary N) is 1. The molecule has 1 heterocycles. The van der Waals surface area contributed by atoms with Crippen molar-refractivity contribution < 1.29 is 52.8 Å². The van der Waals surface area contributed by atoms with Gasteiger partial charge in [-0.2, -0.15) is 13.2 Å². The van der Waals surface area contributed by atoms with E-state index in [1.807, 2.05) is 0 Å². The maximum Gasteiger partial charge on any atom is 0.416 e. The van der Waals surface area contributed by atoms with Crippen LogP contribution in [0.5, 0.6) is 0 Å². The third kappa shape index (κ3) is 13.8. The number of nitrogens with zero attached hydrogens (tertiary/aromatic N) is 1. The van der Waals surface area contributed by atoms with E-state index in [4.69, 9.17) is 26.2 Å². The van der Waals surface area contributed by atoms with Crippen LogP contribution in [-0.2, 0) is 31.8 Å². The minimum absolute atomic E-state index is 0.410. The van der Waals surface area contributed by atoms with E-state index in [-0.39, 0.29) is 0 Å². The molecule has 184 valence electrons. The van der Waals surface area contributed by atoms with Crippen LogP contribution in [0.3, 0.4) is 0 Å². The predicted molar refractivity (Wildman–Crippen MR) is 111 cm³/mol. The molecule has 0 unspecified atom stereocenters. The van der Waals surface area contributed by atoms with Crippen molar-refractivity contribution in [1.29, 1.82) is 0 Å². The Morgan fingerprint density at radius 1 is 0.912 bits per heavy atom. The summed E-state index contributed by atoms with van der Waals surface area (Å²) in [6.07, 6.45) is 0.0897. The third-order valence-corrected chi connectivity index (χ3v) is 3.24. The second-order valence-corrected chi connectivity index (χ2v) is 5.89. The van der Waals surface area contributed by atoms with E-state index in [1.54, 1.807) is 12.3 Å². The first kappa shape index (κ1) is 29.5. The number of H-pyrrole nitrogens is 1. The molecule has 34 heavy (non-hydrogen) atoms. The fourth-order valence-electron chi connectivity index (χ4n) is 1.92. The SMILES string of the molecule is NCCc1cnc(-c2cccc(C(F)(F)F)c2)[nH]1.O=C(O)/C=C\C(=O)O.O=C(O)/C=C\C(=O)O. The highest BCUT2D eigenvalue weighted by molar-refractivity contribution is 5.90. The molecule has 0 aliphatic rings. The molecule has 0 spiro atoms. The first-order valence-electron chi connectivity index (χ1n) is 8.95. The summed E-state index contributed by atoms with van der Waals surface area (Å²) < 4.78 is 37.7. The van der Waals surface area contributed by atoms with Gasteiger partial charge in [0.05, 0.1) is 5.56 Å². The largest absolute Gasteiger partial charge is 0.478 e. The molecule has 0 aliphatic carbocycles. The molecule has 1 aromatic heterocycles. The molecule has 2 rings (SSSR count). The molecular weight excluding hydrogens is 467 g/mol. The monoisotopic (exact) mass is 487 g/mol. The lowest BCUT2D eigenvalue weighted by atomic mass is 10.1. The minimum Gasteiger partial charge on any atom is -0.478 e. The summed E-state index contributed by atoms with van der Waals surface area (Å²) in [7, 11) is 0. The van der Waals surface area contributed by atoms with Crippen molar-refractivity contribution in [2.75, 3.05) is 6.54 Å². The molecule has 0 aliphatic heterocycles. The third-order valence-electron chi connectivity index (χ3n) is 3.24. The standard InChI is InChI=1S/C12H12F3N3.2C4H4O4/c13-12(14,15)9-3-1-2-8(6-9)11-17-7-10(18-11)4-5-16;2*5-3(6)1-2-4(7)8/h1-3,6-7H,4-5,16H2,(H,17,18);2*1-2H,(H,5,6)(H,7,8)/b;2*2-1-. The zero-order valence-electron chi connectivity index (χ0n) is 17.2. The summed E-state index contributed by atoms with van der Waals surface area (Å²) in [5.74, 6) is -4.61. The highest BCUT2D eigenvalue weighted by Crippen LogP contribution is 2.31. The molecule has 14 heteroatoms. The summed E-state index contributed by atoms with van der Waals surface area (Å²) in [6.45, 7) is 0.463. The number of aliphatic carboxylic acids is 4. The number of aromatic nitrogens is 2. The number of benzene rings is 1. The molecule has 1 aromatic carbocycles. The zero-order chi connectivity index (χ0) is 26.3. The van der Waals surface area contributed by atoms with Gasteiger partial charge < -0.3 is 31.1 Å². The highest BCUT2D eigenvalue weighted by Gasteiger charge is 2.30. The Bertz CT molecular complexity index is 980. The van der Waals surface area contributed by atoms with Gasteiger partial charge in [-0.05, 0) is 18.7 Å². The van der Waals surface area contributed by atoms with Crippen LogP contribution < -0.4 is 5.73 Å². The van der Waals surface area contributed by atoms with Gasteiger partial charge in [0.25, 0.3) is 0 Å². The smallest absolute Gasteiger partial charge is 0.416 e. The Balaban J connectivity index is 0.000000570. The topological polar surface area (TPSA) is 204 Å². The number of halogens is 3. The molecule has 0 saturated heterocycles. The van der Waals surface area contributed by atoms with E-state index in [1.165, 1.54) is 6.07 Å². The van der Waals surface area contributed by atoms with Gasteiger partial charge in [0.2, 0.25) is 0 Å². The van der Waals surface area contributed by atoms with Crippen molar-refractivity contribution in [2.45, 2.75) is 12.6 Å². The van der Waals surface area contributed by atoms with Crippen molar-refractivity contribution in [3.63, 3.8) is 0 Å². The van der Waals surface area contributed by atoms with Crippen molar-refractivity contribution in [2.24, 2.45) is 5.73 Å². The Morgan fingerprint density at radius 3 is 1.76 bits per heavy atom. The summed E-state index contributed by atoms with van der Waals surface area (Å²) in [4.78, 5) is 45.2. The van der Waals surface area contributed by atoms with Gasteiger partial charge in [-0.3, -0.25) is 0 Å². The Kier molecular flexibility index (Phi) is 12.7. The Labute approximate surface area is 189 Å². The summed E-state index contributed by atoms with van der Waals surface area (Å²) in [6, 6.07) is 5.06. The number of nitrogens with one attached hydrogen (secondary N) is 1. The molecule has 7 N–H and O–H groups in total. The van der Waals surface area contributed by atoms with Crippen molar-refractivity contribution in [3.05, 3.63) is 66.0 Å². The lowest BCUT2D eigenvalue weighted by Gasteiger charge is -2.07. The van der Waals surface area contributed by atoms with Crippen molar-refractivity contribution in [3.8, 4) is 11.4 Å². The van der Waals surface area contributed by atoms with E-state index in [9.17, 15) is 32.3 Å². The molecule has 0 atom stereocenters. The summed E-state index contributed by atoms with van der Waals surface area (Å²) in [5, 5.41) is 31.2. The van der Waals surface area contributed by atoms with Crippen LogP contribution in [0, 0.1) is 0 Å². The van der Waals surface area contributed by atoms with Gasteiger partial charge in [0, 0.05) is 48.2 Å². The summed E-state index contributed by atoms with van der Waals surface area (Å²) >= 11 is 0. The lowest BCUT2D eigenvalue weighted by Crippen LogP contribution is -2.04. The molecule has 0 amide bonds. The van der Waals surface area contributed by atoms with Crippen LogP contribution in [-0.4, -0.2) is 60.8 Å². The van der Waals surface area contributed by atoms with E-state index in [2.05, 4.69) is 9.97 Å². The second-order valence-electron chi connectivity index (χ2n) is 5.89. The molecule has 0 saturated carbocycles. The molecule has 0 radical (unpaired) electrons. The minimum atomic E-state index is -4.34. The maximum atomic E-state index is 12.6. The Morgan fingerprint density at radius 2 is 1.38 bits per heavy atom. The molecule has 11 nitrogen and oxygen atoms in total. The van der Waals surface area contributed by atoms with Gasteiger partial charge in [-0.25, -0.2) is 24.2 Å². The number of rotatable bonds is 7. The fourth-order valence-corrected chi connectivity index (χ4v) is 1.92. The van der Waals surface area contributed by atoms with Gasteiger partial charge in [0.1, 0.15) is 5.82 Å². The average Bonchev–Trinajstić information content (AvgIpc) is 3.20. The van der Waals surface area contributed by atoms with Crippen LogP contribution in [0.4, 0.5) is 13.2 Å². The van der Waals surface area contributed by atoms with E-state index in [0.29, 0.717) is 48.7 Å². The fraction of sp³-hybridized carbons (Fsp3) is 0.150. The van der Waals surface area contributed by atoms with Crippen LogP contribution >= 0.6 is 0 Å². The zero-order valence-corrected chi connectivity index (χ0v) is 17.2. The van der Waals surface area contributed by atoms with E-state index >= 15 is 0 Å². The second kappa shape index (κ2) is 14.6. The average molecular weight is 487 g/mol.